The summed E-state index contributed by atoms with van der Waals surface area (Å²) in [7, 11) is 0. The van der Waals surface area contributed by atoms with Gasteiger partial charge in [0.05, 0.1) is 0 Å². The maximum absolute atomic E-state index is 5.49. The van der Waals surface area contributed by atoms with Crippen LogP contribution in [0.3, 0.4) is 0 Å². The van der Waals surface area contributed by atoms with Crippen LogP contribution in [0.2, 0.25) is 0 Å². The molecule has 2 nitrogen and oxygen atoms in total. The first kappa shape index (κ1) is 17.3. The molecule has 2 aromatic carbocycles. The Morgan fingerprint density at radius 3 is 1.76 bits per heavy atom. The Balaban J connectivity index is 1.52. The molecule has 2 aromatic rings. The predicted octanol–water partition coefficient (Wildman–Crippen LogP) is 5.90. The van der Waals surface area contributed by atoms with Crippen LogP contribution in [0.15, 0.2) is 46.9 Å². The van der Waals surface area contributed by atoms with Crippen LogP contribution in [0, 0.1) is 0 Å². The lowest BCUT2D eigenvalue weighted by Crippen LogP contribution is -2.14. The fraction of sp³-hybridized carbons (Fsp3) is 0.455. The first-order valence-corrected chi connectivity index (χ1v) is 10.2. The molecule has 25 heavy (non-hydrogen) atoms. The van der Waals surface area contributed by atoms with E-state index in [1.165, 1.54) is 26.7 Å². The molecule has 0 amide bonds. The average molecular weight is 401 g/mol. The zero-order valence-corrected chi connectivity index (χ0v) is 16.1. The maximum Gasteiger partial charge on any atom is 0.0471 e. The van der Waals surface area contributed by atoms with Crippen molar-refractivity contribution in [2.75, 3.05) is 26.4 Å². The van der Waals surface area contributed by atoms with Gasteiger partial charge in [-0.05, 0) is 65.8 Å². The van der Waals surface area contributed by atoms with Crippen molar-refractivity contribution in [1.82, 2.24) is 0 Å². The Bertz CT molecular complexity index is 698. The second-order valence-corrected chi connectivity index (χ2v) is 7.99. The minimum Gasteiger partial charge on any atom is -0.381 e. The standard InChI is InChI=1S/C22H25BrO2/c23-22-15-20(18-9-13-25-14-10-18)5-6-21(22)19-3-1-16(2-4-19)17-7-11-24-12-8-17/h1-6,15,17-18H,7-14H2. The van der Waals surface area contributed by atoms with Gasteiger partial charge in [0, 0.05) is 30.9 Å². The molecule has 0 radical (unpaired) electrons. The van der Waals surface area contributed by atoms with Gasteiger partial charge in [0.2, 0.25) is 0 Å². The highest BCUT2D eigenvalue weighted by molar-refractivity contribution is 9.10. The number of ether oxygens (including phenoxy) is 2. The normalized spacial score (nSPS) is 19.9. The lowest BCUT2D eigenvalue weighted by atomic mass is 9.89. The number of rotatable bonds is 3. The number of hydrogen-bond acceptors (Lipinski definition) is 2. The first-order valence-electron chi connectivity index (χ1n) is 9.36. The zero-order chi connectivity index (χ0) is 17.1. The third-order valence-electron chi connectivity index (χ3n) is 5.60. The largest absolute Gasteiger partial charge is 0.381 e. The van der Waals surface area contributed by atoms with E-state index in [1.54, 1.807) is 0 Å². The monoisotopic (exact) mass is 400 g/mol. The van der Waals surface area contributed by atoms with E-state index in [0.29, 0.717) is 11.8 Å². The van der Waals surface area contributed by atoms with Crippen LogP contribution in [-0.4, -0.2) is 26.4 Å². The van der Waals surface area contributed by atoms with Crippen molar-refractivity contribution >= 4 is 15.9 Å². The van der Waals surface area contributed by atoms with Crippen molar-refractivity contribution in [2.24, 2.45) is 0 Å². The zero-order valence-electron chi connectivity index (χ0n) is 14.5. The van der Waals surface area contributed by atoms with Gasteiger partial charge in [0.25, 0.3) is 0 Å². The van der Waals surface area contributed by atoms with Gasteiger partial charge in [-0.15, -0.1) is 0 Å². The van der Waals surface area contributed by atoms with E-state index < -0.39 is 0 Å². The van der Waals surface area contributed by atoms with Crippen molar-refractivity contribution in [1.29, 1.82) is 0 Å². The van der Waals surface area contributed by atoms with Crippen LogP contribution in [0.1, 0.15) is 48.6 Å². The van der Waals surface area contributed by atoms with Gasteiger partial charge in [-0.3, -0.25) is 0 Å². The van der Waals surface area contributed by atoms with Crippen LogP contribution in [-0.2, 0) is 9.47 Å². The van der Waals surface area contributed by atoms with E-state index >= 15 is 0 Å². The quantitative estimate of drug-likeness (QED) is 0.637. The van der Waals surface area contributed by atoms with Crippen molar-refractivity contribution in [2.45, 2.75) is 37.5 Å². The van der Waals surface area contributed by atoms with Crippen LogP contribution in [0.5, 0.6) is 0 Å². The van der Waals surface area contributed by atoms with Gasteiger partial charge in [0.15, 0.2) is 0 Å². The Labute approximate surface area is 158 Å². The number of hydrogen-bond donors (Lipinski definition) is 0. The van der Waals surface area contributed by atoms with E-state index in [1.807, 2.05) is 0 Å². The summed E-state index contributed by atoms with van der Waals surface area (Å²) >= 11 is 3.80. The molecule has 132 valence electrons. The van der Waals surface area contributed by atoms with E-state index in [4.69, 9.17) is 9.47 Å². The van der Waals surface area contributed by atoms with Gasteiger partial charge in [-0.2, -0.15) is 0 Å². The van der Waals surface area contributed by atoms with Gasteiger partial charge < -0.3 is 9.47 Å². The van der Waals surface area contributed by atoms with Gasteiger partial charge in [-0.1, -0.05) is 52.3 Å². The first-order chi connectivity index (χ1) is 12.3. The lowest BCUT2D eigenvalue weighted by Gasteiger charge is -2.23. The summed E-state index contributed by atoms with van der Waals surface area (Å²) in [5.74, 6) is 1.29. The van der Waals surface area contributed by atoms with E-state index in [-0.39, 0.29) is 0 Å². The SMILES string of the molecule is Brc1cc(C2CCOCC2)ccc1-c1ccc(C2CCOCC2)cc1. The molecular formula is C22H25BrO2. The van der Waals surface area contributed by atoms with Crippen LogP contribution in [0.25, 0.3) is 11.1 Å². The highest BCUT2D eigenvalue weighted by atomic mass is 79.9. The maximum atomic E-state index is 5.49. The Hall–Kier alpha value is -1.16. The third kappa shape index (κ3) is 3.99. The van der Waals surface area contributed by atoms with Crippen LogP contribution < -0.4 is 0 Å². The molecule has 0 aliphatic carbocycles. The van der Waals surface area contributed by atoms with Gasteiger partial charge >= 0.3 is 0 Å². The number of benzene rings is 2. The molecule has 0 atom stereocenters. The molecule has 0 N–H and O–H groups in total. The summed E-state index contributed by atoms with van der Waals surface area (Å²) in [4.78, 5) is 0. The second kappa shape index (κ2) is 8.03. The van der Waals surface area contributed by atoms with E-state index in [9.17, 15) is 0 Å². The summed E-state index contributed by atoms with van der Waals surface area (Å²) < 4.78 is 12.2. The molecule has 0 unspecified atom stereocenters. The summed E-state index contributed by atoms with van der Waals surface area (Å²) in [5.41, 5.74) is 5.43. The van der Waals surface area contributed by atoms with Crippen molar-refractivity contribution in [3.63, 3.8) is 0 Å². The fourth-order valence-corrected chi connectivity index (χ4v) is 4.64. The molecule has 2 fully saturated rings. The molecular weight excluding hydrogens is 376 g/mol. The smallest absolute Gasteiger partial charge is 0.0471 e. The molecule has 0 spiro atoms. The molecule has 3 heteroatoms. The molecule has 0 aromatic heterocycles. The Morgan fingerprint density at radius 1 is 0.680 bits per heavy atom. The van der Waals surface area contributed by atoms with Crippen molar-refractivity contribution in [3.05, 3.63) is 58.1 Å². The Morgan fingerprint density at radius 2 is 1.20 bits per heavy atom. The second-order valence-electron chi connectivity index (χ2n) is 7.13. The van der Waals surface area contributed by atoms with Crippen LogP contribution >= 0.6 is 15.9 Å². The minimum atomic E-state index is 0.634. The third-order valence-corrected chi connectivity index (χ3v) is 6.26. The van der Waals surface area contributed by atoms with Crippen LogP contribution in [0.4, 0.5) is 0 Å². The van der Waals surface area contributed by atoms with Crippen molar-refractivity contribution in [3.8, 4) is 11.1 Å². The molecule has 0 saturated carbocycles. The topological polar surface area (TPSA) is 18.5 Å². The lowest BCUT2D eigenvalue weighted by molar-refractivity contribution is 0.0852. The Kier molecular flexibility index (Phi) is 5.54. The summed E-state index contributed by atoms with van der Waals surface area (Å²) in [6, 6.07) is 16.0. The predicted molar refractivity (Wildman–Crippen MR) is 105 cm³/mol. The van der Waals surface area contributed by atoms with E-state index in [0.717, 1.165) is 52.1 Å². The fourth-order valence-electron chi connectivity index (χ4n) is 4.02. The average Bonchev–Trinajstić information content (AvgIpc) is 2.69. The number of halogens is 1. The molecule has 2 aliphatic heterocycles. The summed E-state index contributed by atoms with van der Waals surface area (Å²) in [5, 5.41) is 0. The highest BCUT2D eigenvalue weighted by Crippen LogP contribution is 2.35. The molecule has 2 aliphatic rings. The molecule has 4 rings (SSSR count). The summed E-state index contributed by atoms with van der Waals surface area (Å²) in [6.45, 7) is 3.56. The molecule has 0 bridgehead atoms. The highest BCUT2D eigenvalue weighted by Gasteiger charge is 2.18. The van der Waals surface area contributed by atoms with Gasteiger partial charge in [-0.25, -0.2) is 0 Å². The van der Waals surface area contributed by atoms with E-state index in [2.05, 4.69) is 58.4 Å². The molecule has 2 saturated heterocycles. The van der Waals surface area contributed by atoms with Gasteiger partial charge in [0.1, 0.15) is 0 Å². The minimum absolute atomic E-state index is 0.634. The summed E-state index contributed by atoms with van der Waals surface area (Å²) in [6.07, 6.45) is 4.54. The van der Waals surface area contributed by atoms with Crippen molar-refractivity contribution < 1.29 is 9.47 Å². The molecule has 2 heterocycles.